The van der Waals surface area contributed by atoms with Crippen LogP contribution < -0.4 is 10.6 Å². The Morgan fingerprint density at radius 1 is 0.897 bits per heavy atom. The van der Waals surface area contributed by atoms with Gasteiger partial charge in [0.1, 0.15) is 0 Å². The zero-order valence-corrected chi connectivity index (χ0v) is 16.4. The van der Waals surface area contributed by atoms with Crippen LogP contribution in [0.1, 0.15) is 6.92 Å². The van der Waals surface area contributed by atoms with Gasteiger partial charge in [0.25, 0.3) is 0 Å². The van der Waals surface area contributed by atoms with E-state index in [1.165, 1.54) is 32.8 Å². The van der Waals surface area contributed by atoms with Gasteiger partial charge in [-0.05, 0) is 36.8 Å². The number of benzene rings is 3. The third-order valence-electron chi connectivity index (χ3n) is 5.46. The number of H-pyrrole nitrogens is 1. The fraction of sp³-hybridized carbons (Fsp3) is 0.0370. The van der Waals surface area contributed by atoms with E-state index in [-0.39, 0.29) is 0 Å². The Balaban J connectivity index is 2.00. The number of nitrogens with one attached hydrogen (secondary N) is 1. The second kappa shape index (κ2) is 6.99. The van der Waals surface area contributed by atoms with E-state index >= 15 is 0 Å². The number of nitrogens with zero attached hydrogens (tertiary/aromatic N) is 1. The maximum absolute atomic E-state index is 3.88. The number of hydrogen-bond donors (Lipinski definition) is 1. The summed E-state index contributed by atoms with van der Waals surface area (Å²) in [5, 5.41) is 4.74. The van der Waals surface area contributed by atoms with Gasteiger partial charge >= 0.3 is 0 Å². The molecule has 2 nitrogen and oxygen atoms in total. The molecule has 0 bridgehead atoms. The number of hydrogen-bond acceptors (Lipinski definition) is 0. The van der Waals surface area contributed by atoms with Gasteiger partial charge in [0.05, 0.1) is 16.7 Å². The van der Waals surface area contributed by atoms with Crippen molar-refractivity contribution in [3.05, 3.63) is 102 Å². The fourth-order valence-electron chi connectivity index (χ4n) is 4.22. The van der Waals surface area contributed by atoms with Crippen LogP contribution in [-0.4, -0.2) is 9.55 Å². The fourth-order valence-corrected chi connectivity index (χ4v) is 4.22. The van der Waals surface area contributed by atoms with E-state index in [0.29, 0.717) is 0 Å². The summed E-state index contributed by atoms with van der Waals surface area (Å²) < 4.78 is 2.36. The number of fused-ring (bicyclic) bond motifs is 3. The van der Waals surface area contributed by atoms with Crippen molar-refractivity contribution < 1.29 is 0 Å². The van der Waals surface area contributed by atoms with Crippen molar-refractivity contribution in [2.24, 2.45) is 0 Å². The SMILES string of the molecule is C=C/C=c1/[nH]c2c(ccc3cc(-c4ccccc4)n(-c4ccccc4)c32)/c1=C/C. The number of para-hydroxylation sites is 1. The topological polar surface area (TPSA) is 20.7 Å². The zero-order valence-electron chi connectivity index (χ0n) is 16.4. The molecule has 2 aromatic heterocycles. The molecule has 0 unspecified atom stereocenters. The number of aromatic nitrogens is 2. The Kier molecular flexibility index (Phi) is 4.18. The molecule has 0 radical (unpaired) electrons. The first-order chi connectivity index (χ1) is 14.3. The smallest absolute Gasteiger partial charge is 0.0777 e. The molecule has 0 spiro atoms. The molecule has 5 rings (SSSR count). The summed E-state index contributed by atoms with van der Waals surface area (Å²) in [4.78, 5) is 3.66. The first-order valence-corrected chi connectivity index (χ1v) is 9.88. The maximum atomic E-state index is 3.88. The molecule has 0 saturated carbocycles. The molecule has 2 heteroatoms. The first-order valence-electron chi connectivity index (χ1n) is 9.88. The first kappa shape index (κ1) is 17.3. The Bertz CT molecular complexity index is 1450. The Morgan fingerprint density at radius 2 is 1.62 bits per heavy atom. The second-order valence-corrected chi connectivity index (χ2v) is 7.14. The van der Waals surface area contributed by atoms with E-state index < -0.39 is 0 Å². The van der Waals surface area contributed by atoms with Crippen LogP contribution in [0.25, 0.3) is 50.9 Å². The normalized spacial score (nSPS) is 12.9. The quantitative estimate of drug-likeness (QED) is 0.428. The summed E-state index contributed by atoms with van der Waals surface area (Å²) in [6.45, 7) is 5.96. The summed E-state index contributed by atoms with van der Waals surface area (Å²) in [6.07, 6.45) is 6.03. The lowest BCUT2D eigenvalue weighted by Gasteiger charge is -2.12. The van der Waals surface area contributed by atoms with Crippen LogP contribution in [0.4, 0.5) is 0 Å². The average Bonchev–Trinajstić information content (AvgIpc) is 3.33. The minimum atomic E-state index is 1.09. The van der Waals surface area contributed by atoms with E-state index in [4.69, 9.17) is 0 Å². The summed E-state index contributed by atoms with van der Waals surface area (Å²) in [7, 11) is 0. The van der Waals surface area contributed by atoms with Crippen molar-refractivity contribution in [1.29, 1.82) is 0 Å². The van der Waals surface area contributed by atoms with Gasteiger partial charge in [-0.1, -0.05) is 79.4 Å². The minimum Gasteiger partial charge on any atom is -0.353 e. The lowest BCUT2D eigenvalue weighted by molar-refractivity contribution is 1.14. The van der Waals surface area contributed by atoms with Crippen LogP contribution in [0.2, 0.25) is 0 Å². The molecule has 1 N–H and O–H groups in total. The Morgan fingerprint density at radius 3 is 2.31 bits per heavy atom. The van der Waals surface area contributed by atoms with Gasteiger partial charge in [-0.15, -0.1) is 0 Å². The molecule has 0 amide bonds. The lowest BCUT2D eigenvalue weighted by Crippen LogP contribution is -2.21. The summed E-state index contributed by atoms with van der Waals surface area (Å²) >= 11 is 0. The summed E-state index contributed by atoms with van der Waals surface area (Å²) in [5.41, 5.74) is 5.88. The van der Waals surface area contributed by atoms with Crippen molar-refractivity contribution in [2.45, 2.75) is 6.92 Å². The van der Waals surface area contributed by atoms with Gasteiger partial charge in [0, 0.05) is 27.0 Å². The summed E-state index contributed by atoms with van der Waals surface area (Å²) in [6, 6.07) is 27.9. The maximum Gasteiger partial charge on any atom is 0.0777 e. The van der Waals surface area contributed by atoms with Gasteiger partial charge in [-0.2, -0.15) is 0 Å². The predicted octanol–water partition coefficient (Wildman–Crippen LogP) is 5.55. The number of aromatic amines is 1. The highest BCUT2D eigenvalue weighted by atomic mass is 15.0. The van der Waals surface area contributed by atoms with Gasteiger partial charge < -0.3 is 9.55 Å². The molecule has 0 aliphatic carbocycles. The van der Waals surface area contributed by atoms with Crippen LogP contribution >= 0.6 is 0 Å². The lowest BCUT2D eigenvalue weighted by atomic mass is 10.1. The second-order valence-electron chi connectivity index (χ2n) is 7.14. The number of rotatable bonds is 3. The van der Waals surface area contributed by atoms with E-state index in [1.807, 2.05) is 12.2 Å². The molecule has 0 fully saturated rings. The molecule has 140 valence electrons. The van der Waals surface area contributed by atoms with E-state index in [1.54, 1.807) is 0 Å². The highest BCUT2D eigenvalue weighted by molar-refractivity contribution is 6.07. The van der Waals surface area contributed by atoms with Crippen LogP contribution in [0.15, 0.2) is 91.5 Å². The molecule has 0 aliphatic heterocycles. The monoisotopic (exact) mass is 374 g/mol. The van der Waals surface area contributed by atoms with Crippen molar-refractivity contribution in [3.63, 3.8) is 0 Å². The predicted molar refractivity (Wildman–Crippen MR) is 125 cm³/mol. The highest BCUT2D eigenvalue weighted by Crippen LogP contribution is 2.34. The average molecular weight is 374 g/mol. The molecular formula is C27H22N2. The molecule has 5 aromatic rings. The van der Waals surface area contributed by atoms with Crippen LogP contribution in [-0.2, 0) is 0 Å². The van der Waals surface area contributed by atoms with Gasteiger partial charge in [-0.25, -0.2) is 0 Å². The van der Waals surface area contributed by atoms with Crippen molar-refractivity contribution in [3.8, 4) is 16.9 Å². The van der Waals surface area contributed by atoms with Crippen molar-refractivity contribution >= 4 is 34.0 Å². The Labute approximate surface area is 169 Å². The standard InChI is InChI=1S/C27H22N2/c1-3-11-24-22(4-2)23-17-16-20-18-25(19-12-7-5-8-13-19)29(27(20)26(23)28-24)21-14-9-6-10-15-21/h3-18,28H,1H2,2H3/b22-4-,24-11+. The Hall–Kier alpha value is -3.78. The third kappa shape index (κ3) is 2.73. The molecule has 2 heterocycles. The van der Waals surface area contributed by atoms with Gasteiger partial charge in [0.15, 0.2) is 0 Å². The molecular weight excluding hydrogens is 352 g/mol. The van der Waals surface area contributed by atoms with Crippen molar-refractivity contribution in [2.75, 3.05) is 0 Å². The van der Waals surface area contributed by atoms with Gasteiger partial charge in [0.2, 0.25) is 0 Å². The number of allylic oxidation sites excluding steroid dienone is 1. The van der Waals surface area contributed by atoms with Crippen LogP contribution in [0.3, 0.4) is 0 Å². The molecule has 0 atom stereocenters. The molecule has 0 saturated heterocycles. The molecule has 3 aromatic carbocycles. The third-order valence-corrected chi connectivity index (χ3v) is 5.46. The van der Waals surface area contributed by atoms with Crippen LogP contribution in [0, 0.1) is 0 Å². The van der Waals surface area contributed by atoms with Crippen LogP contribution in [0.5, 0.6) is 0 Å². The minimum absolute atomic E-state index is 1.09. The van der Waals surface area contributed by atoms with E-state index in [9.17, 15) is 0 Å². The largest absolute Gasteiger partial charge is 0.353 e. The van der Waals surface area contributed by atoms with Crippen molar-refractivity contribution in [1.82, 2.24) is 9.55 Å². The van der Waals surface area contributed by atoms with Gasteiger partial charge in [-0.3, -0.25) is 0 Å². The zero-order chi connectivity index (χ0) is 19.8. The highest BCUT2D eigenvalue weighted by Gasteiger charge is 2.16. The summed E-state index contributed by atoms with van der Waals surface area (Å²) in [5.74, 6) is 0. The van der Waals surface area contributed by atoms with E-state index in [2.05, 4.69) is 108 Å². The molecule has 29 heavy (non-hydrogen) atoms. The molecule has 0 aliphatic rings. The van der Waals surface area contributed by atoms with E-state index in [0.717, 1.165) is 16.6 Å².